The predicted octanol–water partition coefficient (Wildman–Crippen LogP) is 2.72. The van der Waals surface area contributed by atoms with Crippen molar-refractivity contribution in [3.63, 3.8) is 0 Å². The zero-order valence-electron chi connectivity index (χ0n) is 9.66. The Balaban J connectivity index is 2.09. The molecule has 2 rings (SSSR count). The molecule has 0 aliphatic heterocycles. The van der Waals surface area contributed by atoms with Crippen LogP contribution in [0.15, 0.2) is 6.20 Å². The largest absolute Gasteiger partial charge is 0.344 e. The molecule has 0 bridgehead atoms. The third kappa shape index (κ3) is 2.23. The SMILES string of the molecule is CC(C)C(N)c1ncc(C2CCCC2)[nH]1. The minimum Gasteiger partial charge on any atom is -0.344 e. The number of nitrogens with two attached hydrogens (primary N) is 1. The third-order valence-electron chi connectivity index (χ3n) is 3.44. The summed E-state index contributed by atoms with van der Waals surface area (Å²) >= 11 is 0. The molecule has 0 saturated heterocycles. The topological polar surface area (TPSA) is 54.7 Å². The van der Waals surface area contributed by atoms with Crippen LogP contribution >= 0.6 is 0 Å². The van der Waals surface area contributed by atoms with E-state index >= 15 is 0 Å². The van der Waals surface area contributed by atoms with Crippen LogP contribution in [0.4, 0.5) is 0 Å². The van der Waals surface area contributed by atoms with E-state index < -0.39 is 0 Å². The van der Waals surface area contributed by atoms with Crippen molar-refractivity contribution in [1.29, 1.82) is 0 Å². The zero-order valence-corrected chi connectivity index (χ0v) is 9.66. The van der Waals surface area contributed by atoms with Crippen molar-refractivity contribution in [2.45, 2.75) is 51.5 Å². The molecular formula is C12H21N3. The summed E-state index contributed by atoms with van der Waals surface area (Å²) in [5.74, 6) is 2.09. The second-order valence-corrected chi connectivity index (χ2v) is 4.97. The Morgan fingerprint density at radius 3 is 2.67 bits per heavy atom. The van der Waals surface area contributed by atoms with Gasteiger partial charge in [0.25, 0.3) is 0 Å². The molecule has 1 aliphatic rings. The van der Waals surface area contributed by atoms with Gasteiger partial charge < -0.3 is 10.7 Å². The molecule has 1 atom stereocenters. The number of aromatic nitrogens is 2. The van der Waals surface area contributed by atoms with Crippen LogP contribution in [0.3, 0.4) is 0 Å². The standard InChI is InChI=1S/C12H21N3/c1-8(2)11(13)12-14-7-10(15-12)9-5-3-4-6-9/h7-9,11H,3-6,13H2,1-2H3,(H,14,15). The van der Waals surface area contributed by atoms with Crippen molar-refractivity contribution in [2.24, 2.45) is 11.7 Å². The Hall–Kier alpha value is -0.830. The van der Waals surface area contributed by atoms with Gasteiger partial charge in [-0.25, -0.2) is 4.98 Å². The van der Waals surface area contributed by atoms with Crippen molar-refractivity contribution >= 4 is 0 Å². The average molecular weight is 207 g/mol. The van der Waals surface area contributed by atoms with Crippen LogP contribution in [0.5, 0.6) is 0 Å². The van der Waals surface area contributed by atoms with Gasteiger partial charge in [0.05, 0.1) is 6.04 Å². The maximum absolute atomic E-state index is 6.06. The highest BCUT2D eigenvalue weighted by molar-refractivity contribution is 5.11. The molecule has 0 amide bonds. The number of hydrogen-bond acceptors (Lipinski definition) is 2. The molecule has 1 saturated carbocycles. The molecule has 84 valence electrons. The van der Waals surface area contributed by atoms with Crippen LogP contribution in [-0.2, 0) is 0 Å². The molecule has 1 aromatic rings. The maximum Gasteiger partial charge on any atom is 0.123 e. The van der Waals surface area contributed by atoms with Gasteiger partial charge in [0.15, 0.2) is 0 Å². The quantitative estimate of drug-likeness (QED) is 0.800. The number of nitrogens with one attached hydrogen (secondary N) is 1. The predicted molar refractivity (Wildman–Crippen MR) is 61.6 cm³/mol. The van der Waals surface area contributed by atoms with E-state index in [1.807, 2.05) is 6.20 Å². The highest BCUT2D eigenvalue weighted by atomic mass is 15.0. The van der Waals surface area contributed by atoms with Crippen molar-refractivity contribution in [1.82, 2.24) is 9.97 Å². The molecular weight excluding hydrogens is 186 g/mol. The summed E-state index contributed by atoms with van der Waals surface area (Å²) in [6.07, 6.45) is 7.30. The van der Waals surface area contributed by atoms with E-state index in [0.29, 0.717) is 11.8 Å². The number of H-pyrrole nitrogens is 1. The van der Waals surface area contributed by atoms with Crippen LogP contribution in [0.25, 0.3) is 0 Å². The normalized spacial score (nSPS) is 20.0. The molecule has 1 aromatic heterocycles. The van der Waals surface area contributed by atoms with E-state index in [1.54, 1.807) is 0 Å². The summed E-state index contributed by atoms with van der Waals surface area (Å²) in [4.78, 5) is 7.80. The monoisotopic (exact) mass is 207 g/mol. The lowest BCUT2D eigenvalue weighted by atomic mass is 10.0. The Bertz CT molecular complexity index is 294. The first kappa shape index (κ1) is 10.7. The van der Waals surface area contributed by atoms with Gasteiger partial charge in [-0.1, -0.05) is 26.7 Å². The first-order valence-electron chi connectivity index (χ1n) is 5.99. The second kappa shape index (κ2) is 4.35. The van der Waals surface area contributed by atoms with Gasteiger partial charge in [-0.15, -0.1) is 0 Å². The second-order valence-electron chi connectivity index (χ2n) is 4.97. The van der Waals surface area contributed by atoms with E-state index in [2.05, 4.69) is 23.8 Å². The van der Waals surface area contributed by atoms with Crippen LogP contribution in [0, 0.1) is 5.92 Å². The van der Waals surface area contributed by atoms with E-state index in [-0.39, 0.29) is 6.04 Å². The minimum absolute atomic E-state index is 0.0418. The van der Waals surface area contributed by atoms with Gasteiger partial charge in [-0.2, -0.15) is 0 Å². The first-order valence-corrected chi connectivity index (χ1v) is 5.99. The fourth-order valence-corrected chi connectivity index (χ4v) is 2.28. The van der Waals surface area contributed by atoms with Gasteiger partial charge in [0, 0.05) is 17.8 Å². The van der Waals surface area contributed by atoms with Crippen molar-refractivity contribution in [3.05, 3.63) is 17.7 Å². The molecule has 3 nitrogen and oxygen atoms in total. The van der Waals surface area contributed by atoms with Gasteiger partial charge >= 0.3 is 0 Å². The molecule has 0 radical (unpaired) electrons. The van der Waals surface area contributed by atoms with Crippen molar-refractivity contribution in [3.8, 4) is 0 Å². The highest BCUT2D eigenvalue weighted by Crippen LogP contribution is 2.33. The summed E-state index contributed by atoms with van der Waals surface area (Å²) in [6, 6.07) is 0.0418. The fraction of sp³-hybridized carbons (Fsp3) is 0.750. The number of rotatable bonds is 3. The van der Waals surface area contributed by atoms with Crippen LogP contribution in [0.2, 0.25) is 0 Å². The number of imidazole rings is 1. The summed E-state index contributed by atoms with van der Waals surface area (Å²) in [5, 5.41) is 0. The summed E-state index contributed by atoms with van der Waals surface area (Å²) in [7, 11) is 0. The van der Waals surface area contributed by atoms with Gasteiger partial charge in [-0.3, -0.25) is 0 Å². The maximum atomic E-state index is 6.06. The lowest BCUT2D eigenvalue weighted by molar-refractivity contribution is 0.492. The van der Waals surface area contributed by atoms with Crippen LogP contribution in [0.1, 0.15) is 63.0 Å². The molecule has 0 aromatic carbocycles. The molecule has 15 heavy (non-hydrogen) atoms. The number of hydrogen-bond donors (Lipinski definition) is 2. The van der Waals surface area contributed by atoms with Crippen LogP contribution in [-0.4, -0.2) is 9.97 Å². The van der Waals surface area contributed by atoms with E-state index in [9.17, 15) is 0 Å². The molecule has 1 unspecified atom stereocenters. The van der Waals surface area contributed by atoms with E-state index in [1.165, 1.54) is 31.4 Å². The molecule has 1 heterocycles. The Morgan fingerprint density at radius 2 is 2.07 bits per heavy atom. The van der Waals surface area contributed by atoms with Crippen LogP contribution < -0.4 is 5.73 Å². The Morgan fingerprint density at radius 1 is 1.40 bits per heavy atom. The lowest BCUT2D eigenvalue weighted by Gasteiger charge is -2.12. The van der Waals surface area contributed by atoms with Gasteiger partial charge in [-0.05, 0) is 18.8 Å². The Kier molecular flexibility index (Phi) is 3.10. The summed E-state index contributed by atoms with van der Waals surface area (Å²) in [6.45, 7) is 4.25. The van der Waals surface area contributed by atoms with Crippen molar-refractivity contribution < 1.29 is 0 Å². The summed E-state index contributed by atoms with van der Waals surface area (Å²) in [5.41, 5.74) is 7.35. The van der Waals surface area contributed by atoms with Crippen molar-refractivity contribution in [2.75, 3.05) is 0 Å². The van der Waals surface area contributed by atoms with E-state index in [0.717, 1.165) is 5.82 Å². The summed E-state index contributed by atoms with van der Waals surface area (Å²) < 4.78 is 0. The molecule has 3 heteroatoms. The Labute approximate surface area is 91.5 Å². The average Bonchev–Trinajstić information content (AvgIpc) is 2.86. The third-order valence-corrected chi connectivity index (χ3v) is 3.44. The molecule has 0 spiro atoms. The lowest BCUT2D eigenvalue weighted by Crippen LogP contribution is -2.18. The minimum atomic E-state index is 0.0418. The molecule has 3 N–H and O–H groups in total. The van der Waals surface area contributed by atoms with Gasteiger partial charge in [0.1, 0.15) is 5.82 Å². The number of aromatic amines is 1. The van der Waals surface area contributed by atoms with Gasteiger partial charge in [0.2, 0.25) is 0 Å². The molecule has 1 aliphatic carbocycles. The first-order chi connectivity index (χ1) is 7.18. The van der Waals surface area contributed by atoms with E-state index in [4.69, 9.17) is 5.73 Å². The fourth-order valence-electron chi connectivity index (χ4n) is 2.28. The molecule has 1 fully saturated rings. The highest BCUT2D eigenvalue weighted by Gasteiger charge is 2.21. The smallest absolute Gasteiger partial charge is 0.123 e. The zero-order chi connectivity index (χ0) is 10.8. The number of nitrogens with zero attached hydrogens (tertiary/aromatic N) is 1.